The van der Waals surface area contributed by atoms with Crippen LogP contribution in [0.25, 0.3) is 50.3 Å². The van der Waals surface area contributed by atoms with E-state index in [2.05, 4.69) is 75.2 Å². The summed E-state index contributed by atoms with van der Waals surface area (Å²) in [7, 11) is 0. The van der Waals surface area contributed by atoms with E-state index in [9.17, 15) is 0 Å². The van der Waals surface area contributed by atoms with Gasteiger partial charge in [-0.2, -0.15) is 15.0 Å². The van der Waals surface area contributed by atoms with E-state index in [0.717, 1.165) is 38.5 Å². The molecule has 0 aliphatic heterocycles. The highest BCUT2D eigenvalue weighted by Gasteiger charge is 2.19. The Morgan fingerprint density at radius 3 is 2.00 bits per heavy atom. The monoisotopic (exact) mass is 432 g/mol. The molecule has 5 heteroatoms. The third-order valence-electron chi connectivity index (χ3n) is 5.61. The first-order valence-electron chi connectivity index (χ1n) is 10.3. The average molecular weight is 433 g/mol. The number of para-hydroxylation sites is 2. The summed E-state index contributed by atoms with van der Waals surface area (Å²) >= 11 is 6.40. The fourth-order valence-electron chi connectivity index (χ4n) is 4.23. The molecule has 0 fully saturated rings. The van der Waals surface area contributed by atoms with Crippen molar-refractivity contribution in [2.75, 3.05) is 0 Å². The molecular weight excluding hydrogens is 416 g/mol. The van der Waals surface area contributed by atoms with Crippen LogP contribution in [0.2, 0.25) is 5.28 Å². The molecule has 0 saturated heterocycles. The van der Waals surface area contributed by atoms with Gasteiger partial charge in [0, 0.05) is 21.9 Å². The number of nitrogens with zero attached hydrogens (tertiary/aromatic N) is 4. The lowest BCUT2D eigenvalue weighted by Crippen LogP contribution is -2.05. The summed E-state index contributed by atoms with van der Waals surface area (Å²) < 4.78 is 2.09. The van der Waals surface area contributed by atoms with Crippen LogP contribution >= 0.6 is 11.6 Å². The minimum Gasteiger partial charge on any atom is -0.277 e. The fourth-order valence-corrected chi connectivity index (χ4v) is 4.39. The van der Waals surface area contributed by atoms with Gasteiger partial charge in [-0.1, -0.05) is 97.1 Å². The standard InChI is InChI=1S/C27H17ClN4/c28-26-29-25(19-12-5-2-6-13-19)30-27(31-26)32-23-17-8-7-14-21(23)22-16-9-15-20(24(22)32)18-10-3-1-4-11-18/h1-17H. The fraction of sp³-hybridized carbons (Fsp3) is 0. The molecule has 32 heavy (non-hydrogen) atoms. The van der Waals surface area contributed by atoms with Gasteiger partial charge in [0.2, 0.25) is 11.2 Å². The maximum Gasteiger partial charge on any atom is 0.239 e. The number of hydrogen-bond donors (Lipinski definition) is 0. The smallest absolute Gasteiger partial charge is 0.239 e. The van der Waals surface area contributed by atoms with E-state index in [4.69, 9.17) is 16.6 Å². The van der Waals surface area contributed by atoms with Crippen molar-refractivity contribution in [2.45, 2.75) is 0 Å². The summed E-state index contributed by atoms with van der Waals surface area (Å²) in [6.45, 7) is 0. The molecule has 2 aromatic heterocycles. The van der Waals surface area contributed by atoms with Crippen LogP contribution in [0.4, 0.5) is 0 Å². The van der Waals surface area contributed by atoms with E-state index >= 15 is 0 Å². The first kappa shape index (κ1) is 18.7. The maximum atomic E-state index is 6.40. The Morgan fingerprint density at radius 2 is 1.22 bits per heavy atom. The molecule has 4 aromatic carbocycles. The molecule has 0 aliphatic carbocycles. The van der Waals surface area contributed by atoms with Crippen LogP contribution in [0.3, 0.4) is 0 Å². The van der Waals surface area contributed by atoms with Gasteiger partial charge >= 0.3 is 0 Å². The van der Waals surface area contributed by atoms with Gasteiger partial charge in [-0.25, -0.2) is 0 Å². The molecule has 0 atom stereocenters. The Kier molecular flexibility index (Phi) is 4.44. The third kappa shape index (κ3) is 3.04. The first-order valence-corrected chi connectivity index (χ1v) is 10.7. The van der Waals surface area contributed by atoms with E-state index < -0.39 is 0 Å². The van der Waals surface area contributed by atoms with Crippen molar-refractivity contribution in [3.8, 4) is 28.5 Å². The average Bonchev–Trinajstić information content (AvgIpc) is 3.19. The van der Waals surface area contributed by atoms with Crippen LogP contribution < -0.4 is 0 Å². The predicted molar refractivity (Wildman–Crippen MR) is 130 cm³/mol. The number of aromatic nitrogens is 4. The highest BCUT2D eigenvalue weighted by atomic mass is 35.5. The highest BCUT2D eigenvalue weighted by molar-refractivity contribution is 6.28. The summed E-state index contributed by atoms with van der Waals surface area (Å²) in [5.41, 5.74) is 5.19. The topological polar surface area (TPSA) is 43.6 Å². The summed E-state index contributed by atoms with van der Waals surface area (Å²) in [5.74, 6) is 1.04. The molecule has 0 N–H and O–H groups in total. The Balaban J connectivity index is 1.72. The van der Waals surface area contributed by atoms with Crippen LogP contribution in [-0.4, -0.2) is 19.5 Å². The highest BCUT2D eigenvalue weighted by Crippen LogP contribution is 2.37. The SMILES string of the molecule is Clc1nc(-c2ccccc2)nc(-n2c3ccccc3c3cccc(-c4ccccc4)c32)n1. The number of halogens is 1. The van der Waals surface area contributed by atoms with Crippen molar-refractivity contribution < 1.29 is 0 Å². The second-order valence-electron chi connectivity index (χ2n) is 7.51. The molecule has 6 rings (SSSR count). The summed E-state index contributed by atoms with van der Waals surface area (Å²) in [6.07, 6.45) is 0. The Bertz CT molecular complexity index is 1570. The number of benzene rings is 4. The maximum absolute atomic E-state index is 6.40. The lowest BCUT2D eigenvalue weighted by molar-refractivity contribution is 0.948. The van der Waals surface area contributed by atoms with Gasteiger partial charge in [-0.15, -0.1) is 0 Å². The van der Waals surface area contributed by atoms with Gasteiger partial charge in [0.05, 0.1) is 11.0 Å². The van der Waals surface area contributed by atoms with Crippen LogP contribution in [0.15, 0.2) is 103 Å². The Morgan fingerprint density at radius 1 is 0.562 bits per heavy atom. The van der Waals surface area contributed by atoms with Crippen LogP contribution in [0.1, 0.15) is 0 Å². The summed E-state index contributed by atoms with van der Waals surface area (Å²) in [4.78, 5) is 13.8. The van der Waals surface area contributed by atoms with Gasteiger partial charge in [0.25, 0.3) is 0 Å². The third-order valence-corrected chi connectivity index (χ3v) is 5.78. The van der Waals surface area contributed by atoms with Crippen molar-refractivity contribution in [3.63, 3.8) is 0 Å². The molecule has 0 aliphatic rings. The van der Waals surface area contributed by atoms with E-state index in [1.54, 1.807) is 0 Å². The Labute approximate surface area is 189 Å². The molecule has 2 heterocycles. The second kappa shape index (κ2) is 7.59. The van der Waals surface area contributed by atoms with Gasteiger partial charge < -0.3 is 0 Å². The van der Waals surface area contributed by atoms with Crippen molar-refractivity contribution >= 4 is 33.4 Å². The molecule has 0 unspecified atom stereocenters. The van der Waals surface area contributed by atoms with Crippen molar-refractivity contribution in [1.82, 2.24) is 19.5 Å². The van der Waals surface area contributed by atoms with Gasteiger partial charge in [0.1, 0.15) is 0 Å². The van der Waals surface area contributed by atoms with Crippen LogP contribution in [0.5, 0.6) is 0 Å². The number of fused-ring (bicyclic) bond motifs is 3. The quantitative estimate of drug-likeness (QED) is 0.303. The van der Waals surface area contributed by atoms with Gasteiger partial charge in [-0.3, -0.25) is 4.57 Å². The zero-order valence-electron chi connectivity index (χ0n) is 17.0. The van der Waals surface area contributed by atoms with E-state index in [1.807, 2.05) is 42.5 Å². The Hall–Kier alpha value is -4.02. The first-order chi connectivity index (χ1) is 15.8. The minimum atomic E-state index is 0.164. The lowest BCUT2D eigenvalue weighted by atomic mass is 10.0. The van der Waals surface area contributed by atoms with Gasteiger partial charge in [0.15, 0.2) is 5.82 Å². The van der Waals surface area contributed by atoms with E-state index in [0.29, 0.717) is 11.8 Å². The summed E-state index contributed by atoms with van der Waals surface area (Å²) in [5, 5.41) is 2.44. The molecule has 0 saturated carbocycles. The van der Waals surface area contributed by atoms with Crippen molar-refractivity contribution in [2.24, 2.45) is 0 Å². The van der Waals surface area contributed by atoms with E-state index in [-0.39, 0.29) is 5.28 Å². The minimum absolute atomic E-state index is 0.164. The molecular formula is C27H17ClN4. The molecule has 0 spiro atoms. The number of hydrogen-bond acceptors (Lipinski definition) is 3. The predicted octanol–water partition coefficient (Wildman–Crippen LogP) is 6.96. The molecule has 4 nitrogen and oxygen atoms in total. The normalized spacial score (nSPS) is 11.3. The molecule has 6 aromatic rings. The largest absolute Gasteiger partial charge is 0.277 e. The zero-order chi connectivity index (χ0) is 21.5. The molecule has 0 radical (unpaired) electrons. The number of rotatable bonds is 3. The summed E-state index contributed by atoms with van der Waals surface area (Å²) in [6, 6.07) is 34.8. The van der Waals surface area contributed by atoms with Crippen LogP contribution in [-0.2, 0) is 0 Å². The molecule has 0 amide bonds. The van der Waals surface area contributed by atoms with Crippen molar-refractivity contribution in [3.05, 3.63) is 108 Å². The van der Waals surface area contributed by atoms with Gasteiger partial charge in [-0.05, 0) is 23.2 Å². The van der Waals surface area contributed by atoms with Crippen LogP contribution in [0, 0.1) is 0 Å². The van der Waals surface area contributed by atoms with E-state index in [1.165, 1.54) is 0 Å². The molecule has 0 bridgehead atoms. The molecule has 152 valence electrons. The lowest BCUT2D eigenvalue weighted by Gasteiger charge is -2.11. The van der Waals surface area contributed by atoms with Crippen molar-refractivity contribution in [1.29, 1.82) is 0 Å². The zero-order valence-corrected chi connectivity index (χ0v) is 17.7. The second-order valence-corrected chi connectivity index (χ2v) is 7.85.